The smallest absolute Gasteiger partial charge is 0.265 e. The molecule has 7 nitrogen and oxygen atoms in total. The first-order valence-electron chi connectivity index (χ1n) is 7.58. The molecule has 2 rings (SSSR count). The first-order valence-corrected chi connectivity index (χ1v) is 7.96. The van der Waals surface area contributed by atoms with Crippen LogP contribution in [0.15, 0.2) is 47.6 Å². The van der Waals surface area contributed by atoms with Crippen molar-refractivity contribution in [2.75, 3.05) is 17.2 Å². The highest BCUT2D eigenvalue weighted by atomic mass is 35.5. The van der Waals surface area contributed by atoms with E-state index in [-0.39, 0.29) is 17.9 Å². The van der Waals surface area contributed by atoms with E-state index < -0.39 is 30.1 Å². The van der Waals surface area contributed by atoms with Crippen LogP contribution in [0.4, 0.5) is 20.2 Å². The average Bonchev–Trinajstić information content (AvgIpc) is 2.60. The van der Waals surface area contributed by atoms with Crippen molar-refractivity contribution in [2.24, 2.45) is 10.9 Å². The van der Waals surface area contributed by atoms with E-state index in [1.165, 1.54) is 6.07 Å². The first kappa shape index (κ1) is 20.1. The van der Waals surface area contributed by atoms with Crippen molar-refractivity contribution < 1.29 is 23.2 Å². The summed E-state index contributed by atoms with van der Waals surface area (Å²) in [5.74, 6) is -3.44. The minimum atomic E-state index is -1.10. The predicted octanol–water partition coefficient (Wildman–Crippen LogP) is 2.87. The Bertz CT molecular complexity index is 877. The molecule has 0 aromatic heterocycles. The topological polar surface area (TPSA) is 106 Å². The molecule has 142 valence electrons. The Morgan fingerprint density at radius 3 is 2.52 bits per heavy atom. The van der Waals surface area contributed by atoms with Crippen molar-refractivity contribution in [2.45, 2.75) is 6.42 Å². The minimum Gasteiger partial charge on any atom is -0.384 e. The van der Waals surface area contributed by atoms with E-state index in [2.05, 4.69) is 15.8 Å². The number of nitrogens with zero attached hydrogens (tertiary/aromatic N) is 1. The number of amides is 2. The average molecular weight is 397 g/mol. The number of rotatable bonds is 7. The molecule has 0 saturated heterocycles. The van der Waals surface area contributed by atoms with Crippen molar-refractivity contribution in [1.29, 1.82) is 0 Å². The second-order valence-electron chi connectivity index (χ2n) is 5.24. The van der Waals surface area contributed by atoms with Crippen LogP contribution in [0.1, 0.15) is 6.42 Å². The van der Waals surface area contributed by atoms with E-state index in [4.69, 9.17) is 22.2 Å². The lowest BCUT2D eigenvalue weighted by Gasteiger charge is -2.07. The molecular formula is C17H15ClF2N4O3. The van der Waals surface area contributed by atoms with Gasteiger partial charge in [0, 0.05) is 11.8 Å². The summed E-state index contributed by atoms with van der Waals surface area (Å²) in [7, 11) is 0. The van der Waals surface area contributed by atoms with Crippen LogP contribution < -0.4 is 16.4 Å². The maximum absolute atomic E-state index is 13.0. The molecule has 0 heterocycles. The molecule has 0 aliphatic heterocycles. The van der Waals surface area contributed by atoms with Crippen LogP contribution in [0.5, 0.6) is 0 Å². The molecule has 2 aromatic carbocycles. The summed E-state index contributed by atoms with van der Waals surface area (Å²) in [6, 6.07) is 9.53. The van der Waals surface area contributed by atoms with Gasteiger partial charge in [-0.2, -0.15) is 0 Å². The molecule has 0 radical (unpaired) electrons. The van der Waals surface area contributed by atoms with Gasteiger partial charge in [-0.25, -0.2) is 8.78 Å². The summed E-state index contributed by atoms with van der Waals surface area (Å²) < 4.78 is 25.9. The van der Waals surface area contributed by atoms with Gasteiger partial charge in [0.2, 0.25) is 5.91 Å². The van der Waals surface area contributed by atoms with E-state index in [0.29, 0.717) is 10.7 Å². The zero-order chi connectivity index (χ0) is 19.8. The molecule has 0 bridgehead atoms. The van der Waals surface area contributed by atoms with E-state index in [1.54, 1.807) is 24.3 Å². The number of hydrogen-bond donors (Lipinski definition) is 3. The number of nitrogens with two attached hydrogens (primary N) is 1. The fourth-order valence-electron chi connectivity index (χ4n) is 1.90. The Kier molecular flexibility index (Phi) is 7.07. The largest absolute Gasteiger partial charge is 0.384 e. The van der Waals surface area contributed by atoms with Crippen molar-refractivity contribution in [3.8, 4) is 0 Å². The van der Waals surface area contributed by atoms with Crippen molar-refractivity contribution >= 4 is 40.6 Å². The van der Waals surface area contributed by atoms with E-state index >= 15 is 0 Å². The Morgan fingerprint density at radius 1 is 1.07 bits per heavy atom. The Morgan fingerprint density at radius 2 is 1.81 bits per heavy atom. The second kappa shape index (κ2) is 9.48. The van der Waals surface area contributed by atoms with Gasteiger partial charge in [0.05, 0.1) is 17.1 Å². The number of benzene rings is 2. The fraction of sp³-hybridized carbons (Fsp3) is 0.118. The van der Waals surface area contributed by atoms with Crippen LogP contribution >= 0.6 is 11.6 Å². The lowest BCUT2D eigenvalue weighted by molar-refractivity contribution is -0.120. The van der Waals surface area contributed by atoms with Crippen LogP contribution in [0.25, 0.3) is 0 Å². The predicted molar refractivity (Wildman–Crippen MR) is 97.3 cm³/mol. The summed E-state index contributed by atoms with van der Waals surface area (Å²) in [6.45, 7) is -0.536. The number of oxime groups is 1. The number of carbonyl (C=O) groups is 2. The van der Waals surface area contributed by atoms with E-state index in [0.717, 1.165) is 12.1 Å². The van der Waals surface area contributed by atoms with Crippen LogP contribution in [0, 0.1) is 11.6 Å². The molecule has 2 amide bonds. The molecule has 0 fully saturated rings. The lowest BCUT2D eigenvalue weighted by Crippen LogP contribution is -2.23. The maximum Gasteiger partial charge on any atom is 0.265 e. The highest BCUT2D eigenvalue weighted by molar-refractivity contribution is 6.33. The van der Waals surface area contributed by atoms with Crippen LogP contribution in [-0.4, -0.2) is 24.3 Å². The Balaban J connectivity index is 1.77. The van der Waals surface area contributed by atoms with Crippen molar-refractivity contribution in [3.05, 3.63) is 59.1 Å². The number of halogens is 3. The first-order chi connectivity index (χ1) is 12.8. The van der Waals surface area contributed by atoms with E-state index in [1.807, 2.05) is 0 Å². The normalized spacial score (nSPS) is 11.0. The highest BCUT2D eigenvalue weighted by Crippen LogP contribution is 2.20. The number of nitrogens with one attached hydrogen (secondary N) is 2. The van der Waals surface area contributed by atoms with Crippen molar-refractivity contribution in [3.63, 3.8) is 0 Å². The van der Waals surface area contributed by atoms with Crippen LogP contribution in [0.2, 0.25) is 5.02 Å². The summed E-state index contributed by atoms with van der Waals surface area (Å²) >= 11 is 5.92. The quantitative estimate of drug-likeness (QED) is 0.380. The number of carbonyl (C=O) groups excluding carboxylic acids is 2. The zero-order valence-electron chi connectivity index (χ0n) is 13.8. The van der Waals surface area contributed by atoms with Crippen LogP contribution in [-0.2, 0) is 14.4 Å². The van der Waals surface area contributed by atoms with Gasteiger partial charge < -0.3 is 21.2 Å². The van der Waals surface area contributed by atoms with Gasteiger partial charge in [-0.1, -0.05) is 28.9 Å². The third kappa shape index (κ3) is 6.55. The minimum absolute atomic E-state index is 0.0542. The molecule has 0 saturated carbocycles. The summed E-state index contributed by atoms with van der Waals surface area (Å²) in [5, 5.41) is 8.65. The molecular weight excluding hydrogens is 382 g/mol. The number of amidine groups is 1. The summed E-state index contributed by atoms with van der Waals surface area (Å²) in [5.41, 5.74) is 6.02. The number of hydrogen-bond acceptors (Lipinski definition) is 4. The van der Waals surface area contributed by atoms with Gasteiger partial charge in [-0.3, -0.25) is 9.59 Å². The molecule has 4 N–H and O–H groups in total. The summed E-state index contributed by atoms with van der Waals surface area (Å²) in [4.78, 5) is 28.2. The molecule has 0 aliphatic rings. The second-order valence-corrected chi connectivity index (χ2v) is 5.65. The Hall–Kier alpha value is -3.20. The molecule has 2 aromatic rings. The maximum atomic E-state index is 13.0. The van der Waals surface area contributed by atoms with Gasteiger partial charge in [0.25, 0.3) is 5.91 Å². The molecule has 0 aliphatic carbocycles. The molecule has 27 heavy (non-hydrogen) atoms. The monoisotopic (exact) mass is 396 g/mol. The molecule has 10 heteroatoms. The van der Waals surface area contributed by atoms with Gasteiger partial charge in [0.15, 0.2) is 18.2 Å². The third-order valence-corrected chi connectivity index (χ3v) is 3.40. The SMILES string of the molecule is NC(CC(=O)Nc1ccccc1Cl)=NOCC(=O)Nc1ccc(F)c(F)c1. The molecule has 0 unspecified atom stereocenters. The van der Waals surface area contributed by atoms with Gasteiger partial charge in [-0.05, 0) is 24.3 Å². The lowest BCUT2D eigenvalue weighted by atomic mass is 10.3. The van der Waals surface area contributed by atoms with Gasteiger partial charge >= 0.3 is 0 Å². The molecule has 0 atom stereocenters. The number of para-hydroxylation sites is 1. The highest BCUT2D eigenvalue weighted by Gasteiger charge is 2.09. The van der Waals surface area contributed by atoms with Crippen molar-refractivity contribution in [1.82, 2.24) is 0 Å². The fourth-order valence-corrected chi connectivity index (χ4v) is 2.08. The van der Waals surface area contributed by atoms with Gasteiger partial charge in [0.1, 0.15) is 5.84 Å². The number of anilines is 2. The summed E-state index contributed by atoms with van der Waals surface area (Å²) in [6.07, 6.45) is -0.282. The standard InChI is InChI=1S/C17H15ClF2N4O3/c18-11-3-1-2-4-14(11)23-16(25)8-15(21)24-27-9-17(26)22-10-5-6-12(19)13(20)7-10/h1-7H,8-9H2,(H2,21,24)(H,22,26)(H,23,25). The molecule has 0 spiro atoms. The van der Waals surface area contributed by atoms with E-state index in [9.17, 15) is 18.4 Å². The van der Waals surface area contributed by atoms with Crippen LogP contribution in [0.3, 0.4) is 0 Å². The zero-order valence-corrected chi connectivity index (χ0v) is 14.6. The van der Waals surface area contributed by atoms with Gasteiger partial charge in [-0.15, -0.1) is 0 Å². The third-order valence-electron chi connectivity index (χ3n) is 3.07. The Labute approximate surface area is 158 Å².